The molecule has 0 saturated heterocycles. The highest BCUT2D eigenvalue weighted by Crippen LogP contribution is 2.28. The summed E-state index contributed by atoms with van der Waals surface area (Å²) in [7, 11) is 0. The first-order chi connectivity index (χ1) is 15.4. The summed E-state index contributed by atoms with van der Waals surface area (Å²) in [5.74, 6) is -7.61. The van der Waals surface area contributed by atoms with Gasteiger partial charge in [-0.2, -0.15) is 21.0 Å². The van der Waals surface area contributed by atoms with E-state index in [0.29, 0.717) is 5.56 Å². The van der Waals surface area contributed by atoms with Crippen molar-refractivity contribution in [3.63, 3.8) is 0 Å². The SMILES string of the molecule is N#CC(C#N)=c1cc/c(=C(/C#N)c2c(F)c(F)c(C#N)c(F)c2F)c(-c2ccccc2)c1. The van der Waals surface area contributed by atoms with Gasteiger partial charge in [-0.05, 0) is 17.2 Å². The van der Waals surface area contributed by atoms with Crippen LogP contribution in [0.1, 0.15) is 11.1 Å². The molecule has 0 unspecified atom stereocenters. The molecule has 0 aliphatic carbocycles. The Hall–Kier alpha value is -4.92. The van der Waals surface area contributed by atoms with E-state index in [2.05, 4.69) is 0 Å². The van der Waals surface area contributed by atoms with Gasteiger partial charge in [0.2, 0.25) is 0 Å². The van der Waals surface area contributed by atoms with E-state index >= 15 is 0 Å². The van der Waals surface area contributed by atoms with Crippen molar-refractivity contribution in [2.75, 3.05) is 0 Å². The lowest BCUT2D eigenvalue weighted by atomic mass is 9.94. The number of nitriles is 4. The zero-order chi connectivity index (χ0) is 23.4. The molecule has 0 radical (unpaired) electrons. The van der Waals surface area contributed by atoms with Gasteiger partial charge in [0.15, 0.2) is 23.3 Å². The minimum Gasteiger partial charge on any atom is -0.203 e. The monoisotopic (exact) mass is 428 g/mol. The topological polar surface area (TPSA) is 95.2 Å². The van der Waals surface area contributed by atoms with Gasteiger partial charge < -0.3 is 0 Å². The molecule has 0 spiro atoms. The van der Waals surface area contributed by atoms with Crippen molar-refractivity contribution >= 4 is 11.1 Å². The number of nitrogens with zero attached hydrogens (tertiary/aromatic N) is 4. The van der Waals surface area contributed by atoms with Crippen molar-refractivity contribution in [1.29, 1.82) is 21.0 Å². The van der Waals surface area contributed by atoms with E-state index in [-0.39, 0.29) is 21.6 Å². The highest BCUT2D eigenvalue weighted by molar-refractivity contribution is 5.83. The summed E-state index contributed by atoms with van der Waals surface area (Å²) >= 11 is 0. The molecule has 32 heavy (non-hydrogen) atoms. The van der Waals surface area contributed by atoms with E-state index in [1.165, 1.54) is 18.2 Å². The Kier molecular flexibility index (Phi) is 6.02. The van der Waals surface area contributed by atoms with Crippen LogP contribution in [0.15, 0.2) is 48.5 Å². The first-order valence-electron chi connectivity index (χ1n) is 8.80. The average Bonchev–Trinajstić information content (AvgIpc) is 2.82. The maximum absolute atomic E-state index is 14.7. The van der Waals surface area contributed by atoms with Crippen molar-refractivity contribution in [1.82, 2.24) is 0 Å². The maximum Gasteiger partial charge on any atom is 0.180 e. The third-order valence-corrected chi connectivity index (χ3v) is 4.62. The molecule has 0 saturated carbocycles. The Labute approximate surface area is 179 Å². The summed E-state index contributed by atoms with van der Waals surface area (Å²) in [5.41, 5.74) is -3.06. The molecule has 8 heteroatoms. The van der Waals surface area contributed by atoms with Gasteiger partial charge in [-0.25, -0.2) is 17.6 Å². The number of hydrogen-bond donors (Lipinski definition) is 0. The predicted octanol–water partition coefficient (Wildman–Crippen LogP) is 3.70. The first kappa shape index (κ1) is 21.8. The maximum atomic E-state index is 14.7. The lowest BCUT2D eigenvalue weighted by Crippen LogP contribution is -2.18. The summed E-state index contributed by atoms with van der Waals surface area (Å²) in [6, 6.07) is 18.1. The van der Waals surface area contributed by atoms with Gasteiger partial charge >= 0.3 is 0 Å². The summed E-state index contributed by atoms with van der Waals surface area (Å²) in [5, 5.41) is 36.9. The summed E-state index contributed by atoms with van der Waals surface area (Å²) in [6.45, 7) is 0. The fourth-order valence-electron chi connectivity index (χ4n) is 3.13. The zero-order valence-corrected chi connectivity index (χ0v) is 15.9. The minimum atomic E-state index is -1.92. The molecule has 0 heterocycles. The molecule has 152 valence electrons. The molecule has 0 aromatic heterocycles. The van der Waals surface area contributed by atoms with Gasteiger partial charge in [0.25, 0.3) is 0 Å². The Morgan fingerprint density at radius 2 is 1.28 bits per heavy atom. The van der Waals surface area contributed by atoms with Crippen LogP contribution in [0, 0.1) is 68.6 Å². The molecule has 0 N–H and O–H groups in total. The quantitative estimate of drug-likeness (QED) is 0.459. The molecule has 0 bridgehead atoms. The minimum absolute atomic E-state index is 0.0982. The molecular formula is C24H8F4N4. The Balaban J connectivity index is 2.60. The standard InChI is InChI=1S/C24H8F4N4/c25-21-19(12-32)22(26)24(28)20(23(21)27)18(11-31)16-7-6-14(15(9-29)10-30)8-17(16)13-4-2-1-3-5-13/h1-8H/b18-16+. The van der Waals surface area contributed by atoms with Crippen LogP contribution in [0.3, 0.4) is 0 Å². The largest absolute Gasteiger partial charge is 0.203 e. The van der Waals surface area contributed by atoms with Crippen LogP contribution in [0.5, 0.6) is 0 Å². The normalized spacial score (nSPS) is 10.9. The lowest BCUT2D eigenvalue weighted by molar-refractivity contribution is 0.447. The fraction of sp³-hybridized carbons (Fsp3) is 0. The van der Waals surface area contributed by atoms with Crippen molar-refractivity contribution in [3.05, 3.63) is 93.4 Å². The molecule has 0 amide bonds. The van der Waals surface area contributed by atoms with Crippen LogP contribution in [0.4, 0.5) is 17.6 Å². The van der Waals surface area contributed by atoms with Gasteiger partial charge in [-0.15, -0.1) is 0 Å². The fourth-order valence-corrected chi connectivity index (χ4v) is 3.13. The summed E-state index contributed by atoms with van der Waals surface area (Å²) in [4.78, 5) is 0. The smallest absolute Gasteiger partial charge is 0.180 e. The number of rotatable bonds is 2. The molecule has 0 fully saturated rings. The van der Waals surface area contributed by atoms with Crippen LogP contribution in [-0.4, -0.2) is 0 Å². The van der Waals surface area contributed by atoms with E-state index in [0.717, 1.165) is 6.07 Å². The van der Waals surface area contributed by atoms with Crippen molar-refractivity contribution in [2.45, 2.75) is 0 Å². The first-order valence-corrected chi connectivity index (χ1v) is 8.80. The van der Waals surface area contributed by atoms with Crippen molar-refractivity contribution in [2.24, 2.45) is 0 Å². The van der Waals surface area contributed by atoms with Crippen molar-refractivity contribution < 1.29 is 17.6 Å². The highest BCUT2D eigenvalue weighted by Gasteiger charge is 2.28. The van der Waals surface area contributed by atoms with Crippen LogP contribution in [-0.2, 0) is 0 Å². The van der Waals surface area contributed by atoms with E-state index in [1.54, 1.807) is 48.5 Å². The molecule has 0 atom stereocenters. The molecule has 0 aliphatic heterocycles. The van der Waals surface area contributed by atoms with Gasteiger partial charge in [0.05, 0.1) is 11.1 Å². The number of hydrogen-bond acceptors (Lipinski definition) is 4. The molecular weight excluding hydrogens is 420 g/mol. The number of halogens is 4. The Morgan fingerprint density at radius 1 is 0.688 bits per heavy atom. The molecule has 3 aromatic rings. The van der Waals surface area contributed by atoms with E-state index < -0.39 is 40.0 Å². The van der Waals surface area contributed by atoms with E-state index in [9.17, 15) is 22.8 Å². The van der Waals surface area contributed by atoms with Crippen LogP contribution < -0.4 is 10.4 Å². The van der Waals surface area contributed by atoms with E-state index in [1.807, 2.05) is 0 Å². The van der Waals surface area contributed by atoms with Crippen LogP contribution in [0.2, 0.25) is 0 Å². The number of benzene rings is 3. The molecule has 3 aromatic carbocycles. The third-order valence-electron chi connectivity index (χ3n) is 4.62. The van der Waals surface area contributed by atoms with E-state index in [4.69, 9.17) is 15.8 Å². The zero-order valence-electron chi connectivity index (χ0n) is 15.9. The van der Waals surface area contributed by atoms with Gasteiger partial charge in [-0.3, -0.25) is 0 Å². The molecule has 0 aliphatic rings. The summed E-state index contributed by atoms with van der Waals surface area (Å²) in [6.07, 6.45) is 0. The second-order valence-corrected chi connectivity index (χ2v) is 6.33. The van der Waals surface area contributed by atoms with Gasteiger partial charge in [0.1, 0.15) is 35.4 Å². The Morgan fingerprint density at radius 3 is 1.78 bits per heavy atom. The predicted molar refractivity (Wildman–Crippen MR) is 105 cm³/mol. The van der Waals surface area contributed by atoms with Gasteiger partial charge in [-0.1, -0.05) is 42.5 Å². The lowest BCUT2D eigenvalue weighted by Gasteiger charge is -2.10. The Bertz CT molecular complexity index is 1500. The van der Waals surface area contributed by atoms with Crippen molar-refractivity contribution in [3.8, 4) is 35.4 Å². The molecule has 4 nitrogen and oxygen atoms in total. The van der Waals surface area contributed by atoms with Gasteiger partial charge in [0, 0.05) is 10.4 Å². The van der Waals surface area contributed by atoms with Crippen LogP contribution in [0.25, 0.3) is 22.3 Å². The summed E-state index contributed by atoms with van der Waals surface area (Å²) < 4.78 is 57.7. The third kappa shape index (κ3) is 3.54. The molecule has 3 rings (SSSR count). The second kappa shape index (κ2) is 8.84. The highest BCUT2D eigenvalue weighted by atomic mass is 19.2. The average molecular weight is 428 g/mol. The van der Waals surface area contributed by atoms with Crippen LogP contribution >= 0.6 is 0 Å². The second-order valence-electron chi connectivity index (χ2n) is 6.33.